The molecule has 2 aromatic rings. The van der Waals surface area contributed by atoms with Crippen molar-refractivity contribution in [3.05, 3.63) is 63.6 Å². The van der Waals surface area contributed by atoms with Gasteiger partial charge in [0, 0.05) is 5.69 Å². The van der Waals surface area contributed by atoms with E-state index in [2.05, 4.69) is 5.32 Å². The molecule has 0 aliphatic carbocycles. The summed E-state index contributed by atoms with van der Waals surface area (Å²) in [5.74, 6) is -1.26. The summed E-state index contributed by atoms with van der Waals surface area (Å²) < 4.78 is 4.90. The van der Waals surface area contributed by atoms with Crippen molar-refractivity contribution in [3.63, 3.8) is 0 Å². The standard InChI is InChI=1S/C16H10Cl2N2O3/c17-13-3-1-2-12(15(13)18)16(22)23-9-14(21)20-11-6-4-10(8-19)5-7-11/h1-7H,9H2,(H,20,21). The summed E-state index contributed by atoms with van der Waals surface area (Å²) in [5, 5.41) is 11.5. The summed E-state index contributed by atoms with van der Waals surface area (Å²) in [6.07, 6.45) is 0. The number of carbonyl (C=O) groups excluding carboxylic acids is 2. The van der Waals surface area contributed by atoms with Gasteiger partial charge in [0.2, 0.25) is 0 Å². The van der Waals surface area contributed by atoms with Gasteiger partial charge in [-0.15, -0.1) is 0 Å². The Kier molecular flexibility index (Phi) is 5.58. The monoisotopic (exact) mass is 348 g/mol. The summed E-state index contributed by atoms with van der Waals surface area (Å²) in [5.41, 5.74) is 1.06. The van der Waals surface area contributed by atoms with Crippen LogP contribution in [0.25, 0.3) is 0 Å². The lowest BCUT2D eigenvalue weighted by Gasteiger charge is -2.08. The average Bonchev–Trinajstić information content (AvgIpc) is 2.56. The van der Waals surface area contributed by atoms with Crippen LogP contribution in [0.2, 0.25) is 10.0 Å². The highest BCUT2D eigenvalue weighted by Crippen LogP contribution is 2.25. The number of benzene rings is 2. The van der Waals surface area contributed by atoms with E-state index >= 15 is 0 Å². The number of hydrogen-bond acceptors (Lipinski definition) is 4. The Morgan fingerprint density at radius 2 is 1.83 bits per heavy atom. The first kappa shape index (κ1) is 16.8. The summed E-state index contributed by atoms with van der Waals surface area (Å²) in [4.78, 5) is 23.6. The van der Waals surface area contributed by atoms with Gasteiger partial charge in [0.05, 0.1) is 27.2 Å². The van der Waals surface area contributed by atoms with Crippen molar-refractivity contribution in [3.8, 4) is 6.07 Å². The molecule has 23 heavy (non-hydrogen) atoms. The number of ether oxygens (including phenoxy) is 1. The molecule has 0 bridgehead atoms. The Bertz CT molecular complexity index is 783. The molecule has 5 nitrogen and oxygen atoms in total. The molecule has 2 rings (SSSR count). The van der Waals surface area contributed by atoms with Gasteiger partial charge in [0.1, 0.15) is 0 Å². The van der Waals surface area contributed by atoms with Crippen LogP contribution in [0.15, 0.2) is 42.5 Å². The highest BCUT2D eigenvalue weighted by Gasteiger charge is 2.15. The number of carbonyl (C=O) groups is 2. The molecule has 0 saturated heterocycles. The minimum Gasteiger partial charge on any atom is -0.452 e. The maximum atomic E-state index is 11.9. The number of hydrogen-bond donors (Lipinski definition) is 1. The summed E-state index contributed by atoms with van der Waals surface area (Å²) in [7, 11) is 0. The van der Waals surface area contributed by atoms with Crippen LogP contribution in [0.5, 0.6) is 0 Å². The van der Waals surface area contributed by atoms with E-state index in [0.29, 0.717) is 11.3 Å². The van der Waals surface area contributed by atoms with Crippen molar-refractivity contribution >= 4 is 40.8 Å². The topological polar surface area (TPSA) is 79.2 Å². The maximum absolute atomic E-state index is 11.9. The maximum Gasteiger partial charge on any atom is 0.340 e. The van der Waals surface area contributed by atoms with Gasteiger partial charge in [0.25, 0.3) is 5.91 Å². The van der Waals surface area contributed by atoms with Gasteiger partial charge in [-0.3, -0.25) is 4.79 Å². The van der Waals surface area contributed by atoms with Crippen LogP contribution >= 0.6 is 23.2 Å². The van der Waals surface area contributed by atoms with Crippen molar-refractivity contribution in [1.82, 2.24) is 0 Å². The van der Waals surface area contributed by atoms with Gasteiger partial charge in [-0.25, -0.2) is 4.79 Å². The molecular weight excluding hydrogens is 339 g/mol. The summed E-state index contributed by atoms with van der Waals surface area (Å²) >= 11 is 11.7. The third kappa shape index (κ3) is 4.46. The number of esters is 1. The zero-order valence-corrected chi connectivity index (χ0v) is 13.2. The molecule has 0 unspecified atom stereocenters. The molecule has 0 aliphatic heterocycles. The van der Waals surface area contributed by atoms with E-state index < -0.39 is 18.5 Å². The zero-order chi connectivity index (χ0) is 16.8. The Morgan fingerprint density at radius 1 is 1.13 bits per heavy atom. The lowest BCUT2D eigenvalue weighted by Crippen LogP contribution is -2.21. The Labute approximate surface area is 142 Å². The molecule has 0 aliphatic rings. The number of nitrogens with one attached hydrogen (secondary N) is 1. The fourth-order valence-corrected chi connectivity index (χ4v) is 2.07. The largest absolute Gasteiger partial charge is 0.452 e. The van der Waals surface area contributed by atoms with E-state index in [1.165, 1.54) is 12.1 Å². The predicted octanol–water partition coefficient (Wildman–Crippen LogP) is 3.66. The van der Waals surface area contributed by atoms with Crippen molar-refractivity contribution < 1.29 is 14.3 Å². The van der Waals surface area contributed by atoms with Crippen molar-refractivity contribution in [2.24, 2.45) is 0 Å². The minimum atomic E-state index is -0.743. The van der Waals surface area contributed by atoms with Gasteiger partial charge in [-0.1, -0.05) is 29.3 Å². The highest BCUT2D eigenvalue weighted by atomic mass is 35.5. The summed E-state index contributed by atoms with van der Waals surface area (Å²) in [6, 6.07) is 12.8. The first-order chi connectivity index (χ1) is 11.0. The number of halogens is 2. The SMILES string of the molecule is N#Cc1ccc(NC(=O)COC(=O)c2cccc(Cl)c2Cl)cc1. The second-order valence-corrected chi connectivity index (χ2v) is 5.20. The molecule has 0 fully saturated rings. The second-order valence-electron chi connectivity index (χ2n) is 4.41. The Morgan fingerprint density at radius 3 is 2.48 bits per heavy atom. The molecular formula is C16H10Cl2N2O3. The van der Waals surface area contributed by atoms with Crippen LogP contribution < -0.4 is 5.32 Å². The van der Waals surface area contributed by atoms with Crippen molar-refractivity contribution in [2.75, 3.05) is 11.9 Å². The van der Waals surface area contributed by atoms with E-state index in [0.717, 1.165) is 0 Å². The van der Waals surface area contributed by atoms with Crippen LogP contribution in [-0.4, -0.2) is 18.5 Å². The first-order valence-corrected chi connectivity index (χ1v) is 7.18. The second kappa shape index (κ2) is 7.63. The number of anilines is 1. The highest BCUT2D eigenvalue weighted by molar-refractivity contribution is 6.43. The Hall–Kier alpha value is -2.55. The molecule has 1 N–H and O–H groups in total. The van der Waals surface area contributed by atoms with Gasteiger partial charge in [-0.2, -0.15) is 5.26 Å². The van der Waals surface area contributed by atoms with Crippen LogP contribution in [0.1, 0.15) is 15.9 Å². The molecule has 0 radical (unpaired) electrons. The average molecular weight is 349 g/mol. The van der Waals surface area contributed by atoms with E-state index in [-0.39, 0.29) is 15.6 Å². The molecule has 0 spiro atoms. The van der Waals surface area contributed by atoms with Crippen molar-refractivity contribution in [2.45, 2.75) is 0 Å². The zero-order valence-electron chi connectivity index (χ0n) is 11.7. The van der Waals surface area contributed by atoms with Crippen molar-refractivity contribution in [1.29, 1.82) is 5.26 Å². The Balaban J connectivity index is 1.92. The fraction of sp³-hybridized carbons (Fsp3) is 0.0625. The van der Waals surface area contributed by atoms with Crippen LogP contribution in [0.3, 0.4) is 0 Å². The normalized spacial score (nSPS) is 9.78. The molecule has 0 atom stereocenters. The summed E-state index contributed by atoms with van der Waals surface area (Å²) in [6.45, 7) is -0.471. The van der Waals surface area contributed by atoms with E-state index in [9.17, 15) is 9.59 Å². The van der Waals surface area contributed by atoms with Gasteiger partial charge in [-0.05, 0) is 36.4 Å². The molecule has 0 saturated carbocycles. The molecule has 116 valence electrons. The number of nitrogens with zero attached hydrogens (tertiary/aromatic N) is 1. The van der Waals surface area contributed by atoms with Crippen LogP contribution in [-0.2, 0) is 9.53 Å². The van der Waals surface area contributed by atoms with E-state index in [1.54, 1.807) is 30.3 Å². The molecule has 0 aromatic heterocycles. The quantitative estimate of drug-likeness (QED) is 0.855. The molecule has 2 aromatic carbocycles. The smallest absolute Gasteiger partial charge is 0.340 e. The fourth-order valence-electron chi connectivity index (χ4n) is 1.70. The third-order valence-corrected chi connectivity index (χ3v) is 3.62. The van der Waals surface area contributed by atoms with E-state index in [1.807, 2.05) is 6.07 Å². The molecule has 7 heteroatoms. The minimum absolute atomic E-state index is 0.0756. The number of rotatable bonds is 4. The van der Waals surface area contributed by atoms with E-state index in [4.69, 9.17) is 33.2 Å². The van der Waals surface area contributed by atoms with Crippen LogP contribution in [0, 0.1) is 11.3 Å². The van der Waals surface area contributed by atoms with Gasteiger partial charge >= 0.3 is 5.97 Å². The number of nitriles is 1. The lowest BCUT2D eigenvalue weighted by atomic mass is 10.2. The lowest BCUT2D eigenvalue weighted by molar-refractivity contribution is -0.119. The third-order valence-electron chi connectivity index (χ3n) is 2.80. The van der Waals surface area contributed by atoms with Gasteiger partial charge in [0.15, 0.2) is 6.61 Å². The molecule has 1 amide bonds. The first-order valence-electron chi connectivity index (χ1n) is 6.42. The number of amides is 1. The van der Waals surface area contributed by atoms with Crippen LogP contribution in [0.4, 0.5) is 5.69 Å². The van der Waals surface area contributed by atoms with Gasteiger partial charge < -0.3 is 10.1 Å². The predicted molar refractivity (Wildman–Crippen MR) is 86.5 cm³/mol. The molecule has 0 heterocycles.